The van der Waals surface area contributed by atoms with E-state index in [0.29, 0.717) is 0 Å². The quantitative estimate of drug-likeness (QED) is 0.810. The Hall–Kier alpha value is -1.28. The van der Waals surface area contributed by atoms with Crippen LogP contribution in [0.15, 0.2) is 53.0 Å². The molecule has 0 saturated carbocycles. The summed E-state index contributed by atoms with van der Waals surface area (Å²) < 4.78 is 1.13. The minimum Gasteiger partial charge on any atom is -0.370 e. The van der Waals surface area contributed by atoms with Crippen LogP contribution in [0, 0.1) is 6.92 Å². The molecule has 88 valence electrons. The predicted octanol–water partition coefficient (Wildman–Crippen LogP) is 4.39. The van der Waals surface area contributed by atoms with Gasteiger partial charge in [0.15, 0.2) is 0 Å². The highest BCUT2D eigenvalue weighted by Crippen LogP contribution is 2.18. The monoisotopic (exact) mass is 289 g/mol. The summed E-state index contributed by atoms with van der Waals surface area (Å²) in [6, 6.07) is 17.0. The van der Waals surface area contributed by atoms with E-state index in [-0.39, 0.29) is 0 Å². The fourth-order valence-electron chi connectivity index (χ4n) is 1.80. The summed E-state index contributed by atoms with van der Waals surface area (Å²) in [5.41, 5.74) is 3.85. The number of anilines is 1. The second-order valence-electron chi connectivity index (χ2n) is 4.32. The van der Waals surface area contributed by atoms with Gasteiger partial charge in [0.05, 0.1) is 0 Å². The molecule has 0 aliphatic carbocycles. The molecule has 0 spiro atoms. The van der Waals surface area contributed by atoms with Crippen LogP contribution in [-0.2, 0) is 6.54 Å². The van der Waals surface area contributed by atoms with E-state index < -0.39 is 0 Å². The Bertz CT molecular complexity index is 491. The lowest BCUT2D eigenvalue weighted by Gasteiger charge is -2.19. The number of benzene rings is 2. The third-order valence-corrected chi connectivity index (χ3v) is 3.28. The van der Waals surface area contributed by atoms with Gasteiger partial charge in [-0.1, -0.05) is 45.8 Å². The normalized spacial score (nSPS) is 10.3. The lowest BCUT2D eigenvalue weighted by atomic mass is 10.2. The summed E-state index contributed by atoms with van der Waals surface area (Å²) in [5, 5.41) is 0. The van der Waals surface area contributed by atoms with Gasteiger partial charge in [0.2, 0.25) is 0 Å². The maximum atomic E-state index is 3.50. The van der Waals surface area contributed by atoms with Gasteiger partial charge in [0.1, 0.15) is 0 Å². The zero-order valence-electron chi connectivity index (χ0n) is 10.2. The van der Waals surface area contributed by atoms with Crippen LogP contribution in [0.2, 0.25) is 0 Å². The average Bonchev–Trinajstić information content (AvgIpc) is 2.29. The van der Waals surface area contributed by atoms with Crippen LogP contribution < -0.4 is 4.90 Å². The lowest BCUT2D eigenvalue weighted by Crippen LogP contribution is -2.16. The van der Waals surface area contributed by atoms with Crippen molar-refractivity contribution in [2.24, 2.45) is 0 Å². The van der Waals surface area contributed by atoms with Gasteiger partial charge in [-0.2, -0.15) is 0 Å². The third kappa shape index (κ3) is 3.34. The topological polar surface area (TPSA) is 3.24 Å². The summed E-state index contributed by atoms with van der Waals surface area (Å²) in [7, 11) is 2.12. The Morgan fingerprint density at radius 2 is 1.76 bits per heavy atom. The van der Waals surface area contributed by atoms with Crippen LogP contribution in [-0.4, -0.2) is 7.05 Å². The molecule has 0 unspecified atom stereocenters. The maximum absolute atomic E-state index is 3.50. The molecule has 0 aliphatic rings. The number of rotatable bonds is 3. The molecule has 0 N–H and O–H groups in total. The van der Waals surface area contributed by atoms with Gasteiger partial charge in [0, 0.05) is 23.8 Å². The van der Waals surface area contributed by atoms with Crippen molar-refractivity contribution in [3.63, 3.8) is 0 Å². The van der Waals surface area contributed by atoms with Crippen molar-refractivity contribution in [3.05, 3.63) is 64.1 Å². The predicted molar refractivity (Wildman–Crippen MR) is 77.4 cm³/mol. The molecule has 0 heterocycles. The molecule has 0 aromatic heterocycles. The molecule has 0 saturated heterocycles. The maximum Gasteiger partial charge on any atom is 0.0426 e. The molecule has 2 aromatic rings. The molecule has 0 radical (unpaired) electrons. The van der Waals surface area contributed by atoms with Gasteiger partial charge in [-0.25, -0.2) is 0 Å². The molecule has 0 bridgehead atoms. The van der Waals surface area contributed by atoms with Gasteiger partial charge < -0.3 is 4.90 Å². The fraction of sp³-hybridized carbons (Fsp3) is 0.200. The number of halogens is 1. The first kappa shape index (κ1) is 12.2. The molecule has 2 rings (SSSR count). The van der Waals surface area contributed by atoms with E-state index >= 15 is 0 Å². The van der Waals surface area contributed by atoms with Crippen LogP contribution in [0.3, 0.4) is 0 Å². The Balaban J connectivity index is 2.11. The van der Waals surface area contributed by atoms with Gasteiger partial charge in [0.25, 0.3) is 0 Å². The minimum atomic E-state index is 0.919. The smallest absolute Gasteiger partial charge is 0.0426 e. The van der Waals surface area contributed by atoms with E-state index in [1.807, 2.05) is 0 Å². The first-order valence-electron chi connectivity index (χ1n) is 5.67. The van der Waals surface area contributed by atoms with Gasteiger partial charge >= 0.3 is 0 Å². The zero-order chi connectivity index (χ0) is 12.3. The van der Waals surface area contributed by atoms with Crippen molar-refractivity contribution in [1.29, 1.82) is 0 Å². The van der Waals surface area contributed by atoms with Gasteiger partial charge in [-0.3, -0.25) is 0 Å². The second-order valence-corrected chi connectivity index (χ2v) is 5.24. The molecular weight excluding hydrogens is 274 g/mol. The van der Waals surface area contributed by atoms with E-state index in [1.54, 1.807) is 0 Å². The third-order valence-electron chi connectivity index (χ3n) is 2.78. The summed E-state index contributed by atoms with van der Waals surface area (Å²) in [4.78, 5) is 2.25. The fourth-order valence-corrected chi connectivity index (χ4v) is 2.25. The molecule has 2 aromatic carbocycles. The van der Waals surface area contributed by atoms with Gasteiger partial charge in [-0.15, -0.1) is 0 Å². The highest BCUT2D eigenvalue weighted by atomic mass is 79.9. The Morgan fingerprint density at radius 3 is 2.41 bits per heavy atom. The molecule has 0 fully saturated rings. The zero-order valence-corrected chi connectivity index (χ0v) is 11.7. The standard InChI is InChI=1S/C15H16BrN/c1-12-6-8-15(9-7-12)17(2)11-13-4-3-5-14(16)10-13/h3-10H,11H2,1-2H3. The number of aryl methyl sites for hydroxylation is 1. The van der Waals surface area contributed by atoms with E-state index in [9.17, 15) is 0 Å². The summed E-state index contributed by atoms with van der Waals surface area (Å²) in [6.45, 7) is 3.03. The van der Waals surface area contributed by atoms with Crippen LogP contribution in [0.25, 0.3) is 0 Å². The first-order chi connectivity index (χ1) is 8.15. The summed E-state index contributed by atoms with van der Waals surface area (Å²) >= 11 is 3.50. The van der Waals surface area contributed by atoms with Crippen molar-refractivity contribution in [1.82, 2.24) is 0 Å². The first-order valence-corrected chi connectivity index (χ1v) is 6.47. The minimum absolute atomic E-state index is 0.919. The SMILES string of the molecule is Cc1ccc(N(C)Cc2cccc(Br)c2)cc1. The molecule has 1 nitrogen and oxygen atoms in total. The Kier molecular flexibility index (Phi) is 3.85. The van der Waals surface area contributed by atoms with Crippen LogP contribution >= 0.6 is 15.9 Å². The van der Waals surface area contributed by atoms with E-state index in [1.165, 1.54) is 16.8 Å². The highest BCUT2D eigenvalue weighted by Gasteiger charge is 2.02. The molecule has 0 amide bonds. The number of nitrogens with zero attached hydrogens (tertiary/aromatic N) is 1. The van der Waals surface area contributed by atoms with Crippen molar-refractivity contribution >= 4 is 21.6 Å². The highest BCUT2D eigenvalue weighted by molar-refractivity contribution is 9.10. The van der Waals surface area contributed by atoms with Crippen molar-refractivity contribution in [3.8, 4) is 0 Å². The largest absolute Gasteiger partial charge is 0.370 e. The summed E-state index contributed by atoms with van der Waals surface area (Å²) in [5.74, 6) is 0. The van der Waals surface area contributed by atoms with Crippen molar-refractivity contribution < 1.29 is 0 Å². The molecule has 2 heteroatoms. The van der Waals surface area contributed by atoms with Crippen molar-refractivity contribution in [2.45, 2.75) is 13.5 Å². The molecule has 0 atom stereocenters. The van der Waals surface area contributed by atoms with Crippen LogP contribution in [0.4, 0.5) is 5.69 Å². The lowest BCUT2D eigenvalue weighted by molar-refractivity contribution is 0.922. The Labute approximate surface area is 111 Å². The van der Waals surface area contributed by atoms with E-state index in [0.717, 1.165) is 11.0 Å². The van der Waals surface area contributed by atoms with Crippen molar-refractivity contribution in [2.75, 3.05) is 11.9 Å². The molecule has 17 heavy (non-hydrogen) atoms. The van der Waals surface area contributed by atoms with E-state index in [4.69, 9.17) is 0 Å². The molecular formula is C15H16BrN. The number of hydrogen-bond donors (Lipinski definition) is 0. The van der Waals surface area contributed by atoms with Crippen LogP contribution in [0.1, 0.15) is 11.1 Å². The van der Waals surface area contributed by atoms with Crippen LogP contribution in [0.5, 0.6) is 0 Å². The average molecular weight is 290 g/mol. The molecule has 0 aliphatic heterocycles. The Morgan fingerprint density at radius 1 is 1.06 bits per heavy atom. The van der Waals surface area contributed by atoms with E-state index in [2.05, 4.69) is 83.3 Å². The number of hydrogen-bond acceptors (Lipinski definition) is 1. The summed E-state index contributed by atoms with van der Waals surface area (Å²) in [6.07, 6.45) is 0. The van der Waals surface area contributed by atoms with Gasteiger partial charge in [-0.05, 0) is 36.8 Å². The second kappa shape index (κ2) is 5.37.